The second kappa shape index (κ2) is 5.10. The molecule has 3 nitrogen and oxygen atoms in total. The molecule has 0 aliphatic rings. The van der Waals surface area contributed by atoms with Crippen molar-refractivity contribution >= 4 is 16.6 Å². The highest BCUT2D eigenvalue weighted by atomic mass is 19.1. The first-order valence-electron chi connectivity index (χ1n) is 5.66. The van der Waals surface area contributed by atoms with Gasteiger partial charge in [-0.25, -0.2) is 4.39 Å². The van der Waals surface area contributed by atoms with Gasteiger partial charge >= 0.3 is 0 Å². The van der Waals surface area contributed by atoms with Crippen LogP contribution in [0.3, 0.4) is 0 Å². The molecule has 0 saturated carbocycles. The van der Waals surface area contributed by atoms with E-state index in [9.17, 15) is 4.39 Å². The molecule has 2 aromatic rings. The number of nitrogens with one attached hydrogen (secondary N) is 1. The third kappa shape index (κ3) is 2.53. The number of nitrogens with zero attached hydrogens (tertiary/aromatic N) is 1. The van der Waals surface area contributed by atoms with E-state index in [2.05, 4.69) is 10.3 Å². The summed E-state index contributed by atoms with van der Waals surface area (Å²) in [7, 11) is 0. The molecule has 1 heterocycles. The molecule has 1 aromatic heterocycles. The molecule has 1 atom stereocenters. The predicted molar refractivity (Wildman–Crippen MR) is 66.5 cm³/mol. The number of anilines is 1. The van der Waals surface area contributed by atoms with Crippen LogP contribution in [-0.2, 0) is 0 Å². The Labute approximate surface area is 99.3 Å². The molecule has 0 bridgehead atoms. The predicted octanol–water partition coefficient (Wildman–Crippen LogP) is 2.56. The Kier molecular flexibility index (Phi) is 3.54. The van der Waals surface area contributed by atoms with Crippen LogP contribution in [0.2, 0.25) is 0 Å². The fourth-order valence-corrected chi connectivity index (χ4v) is 1.74. The molecule has 0 aliphatic carbocycles. The Hall–Kier alpha value is -1.68. The zero-order valence-corrected chi connectivity index (χ0v) is 9.65. The van der Waals surface area contributed by atoms with Gasteiger partial charge in [0.15, 0.2) is 0 Å². The van der Waals surface area contributed by atoms with Crippen molar-refractivity contribution in [2.75, 3.05) is 11.9 Å². The van der Waals surface area contributed by atoms with Crippen molar-refractivity contribution in [2.45, 2.75) is 19.4 Å². The van der Waals surface area contributed by atoms with Crippen molar-refractivity contribution in [3.8, 4) is 0 Å². The molecule has 2 N–H and O–H groups in total. The molecule has 0 fully saturated rings. The Bertz CT molecular complexity index is 512. The highest BCUT2D eigenvalue weighted by Gasteiger charge is 2.07. The minimum Gasteiger partial charge on any atom is -0.394 e. The number of fused-ring (bicyclic) bond motifs is 1. The zero-order valence-electron chi connectivity index (χ0n) is 9.65. The van der Waals surface area contributed by atoms with Crippen molar-refractivity contribution in [3.05, 3.63) is 36.3 Å². The van der Waals surface area contributed by atoms with Gasteiger partial charge in [-0.15, -0.1) is 0 Å². The molecular formula is C13H15FN2O. The van der Waals surface area contributed by atoms with Crippen LogP contribution >= 0.6 is 0 Å². The Morgan fingerprint density at radius 1 is 1.41 bits per heavy atom. The summed E-state index contributed by atoms with van der Waals surface area (Å²) in [6.07, 6.45) is 2.45. The van der Waals surface area contributed by atoms with Gasteiger partial charge in [0, 0.05) is 29.4 Å². The van der Waals surface area contributed by atoms with Crippen LogP contribution in [0.4, 0.5) is 10.1 Å². The van der Waals surface area contributed by atoms with Gasteiger partial charge < -0.3 is 10.4 Å². The number of hydrogen-bond donors (Lipinski definition) is 2. The molecule has 90 valence electrons. The van der Waals surface area contributed by atoms with Gasteiger partial charge in [-0.1, -0.05) is 6.92 Å². The van der Waals surface area contributed by atoms with Gasteiger partial charge in [-0.2, -0.15) is 0 Å². The lowest BCUT2D eigenvalue weighted by molar-refractivity contribution is 0.272. The van der Waals surface area contributed by atoms with Gasteiger partial charge in [0.1, 0.15) is 5.82 Å². The van der Waals surface area contributed by atoms with E-state index in [0.717, 1.165) is 17.5 Å². The van der Waals surface area contributed by atoms with Crippen LogP contribution in [0.1, 0.15) is 13.3 Å². The van der Waals surface area contributed by atoms with E-state index in [-0.39, 0.29) is 18.5 Å². The third-order valence-electron chi connectivity index (χ3n) is 2.78. The summed E-state index contributed by atoms with van der Waals surface area (Å²) in [6, 6.07) is 6.35. The fourth-order valence-electron chi connectivity index (χ4n) is 1.74. The van der Waals surface area contributed by atoms with E-state index >= 15 is 0 Å². The summed E-state index contributed by atoms with van der Waals surface area (Å²) in [6.45, 7) is 2.07. The highest BCUT2D eigenvalue weighted by molar-refractivity contribution is 5.91. The average Bonchev–Trinajstić information content (AvgIpc) is 2.35. The van der Waals surface area contributed by atoms with E-state index < -0.39 is 0 Å². The molecule has 4 heteroatoms. The maximum Gasteiger partial charge on any atom is 0.125 e. The van der Waals surface area contributed by atoms with E-state index in [1.165, 1.54) is 12.1 Å². The number of aliphatic hydroxyl groups is 1. The third-order valence-corrected chi connectivity index (χ3v) is 2.78. The van der Waals surface area contributed by atoms with Crippen molar-refractivity contribution in [1.82, 2.24) is 4.98 Å². The van der Waals surface area contributed by atoms with Gasteiger partial charge in [0.2, 0.25) is 0 Å². The summed E-state index contributed by atoms with van der Waals surface area (Å²) in [4.78, 5) is 4.12. The number of hydrogen-bond acceptors (Lipinski definition) is 3. The van der Waals surface area contributed by atoms with Crippen molar-refractivity contribution in [3.63, 3.8) is 0 Å². The molecule has 2 rings (SSSR count). The first-order chi connectivity index (χ1) is 8.24. The van der Waals surface area contributed by atoms with Gasteiger partial charge in [0.25, 0.3) is 0 Å². The number of aliphatic hydroxyl groups excluding tert-OH is 1. The highest BCUT2D eigenvalue weighted by Crippen LogP contribution is 2.23. The van der Waals surface area contributed by atoms with Crippen LogP contribution in [0, 0.1) is 5.82 Å². The molecule has 0 spiro atoms. The second-order valence-electron chi connectivity index (χ2n) is 3.95. The Morgan fingerprint density at radius 3 is 2.94 bits per heavy atom. The lowest BCUT2D eigenvalue weighted by atomic mass is 10.1. The maximum atomic E-state index is 13.1. The number of benzene rings is 1. The molecule has 0 amide bonds. The van der Waals surface area contributed by atoms with Crippen LogP contribution < -0.4 is 5.32 Å². The molecule has 0 saturated heterocycles. The molecule has 0 aliphatic heterocycles. The fraction of sp³-hybridized carbons (Fsp3) is 0.308. The van der Waals surface area contributed by atoms with E-state index in [4.69, 9.17) is 5.11 Å². The molecular weight excluding hydrogens is 219 g/mol. The zero-order chi connectivity index (χ0) is 12.3. The number of rotatable bonds is 4. The lowest BCUT2D eigenvalue weighted by Crippen LogP contribution is -2.22. The van der Waals surface area contributed by atoms with E-state index in [1.807, 2.05) is 13.0 Å². The van der Waals surface area contributed by atoms with Crippen LogP contribution in [0.25, 0.3) is 10.9 Å². The first-order valence-corrected chi connectivity index (χ1v) is 5.66. The average molecular weight is 234 g/mol. The quantitative estimate of drug-likeness (QED) is 0.854. The minimum atomic E-state index is -0.295. The van der Waals surface area contributed by atoms with Crippen LogP contribution in [-0.4, -0.2) is 22.7 Å². The summed E-state index contributed by atoms with van der Waals surface area (Å²) >= 11 is 0. The van der Waals surface area contributed by atoms with Crippen molar-refractivity contribution in [2.24, 2.45) is 0 Å². The number of pyridine rings is 1. The summed E-state index contributed by atoms with van der Waals surface area (Å²) < 4.78 is 13.1. The Balaban J connectivity index is 2.40. The maximum absolute atomic E-state index is 13.1. The van der Waals surface area contributed by atoms with E-state index in [1.54, 1.807) is 12.3 Å². The minimum absolute atomic E-state index is 0.00523. The normalized spacial score (nSPS) is 12.6. The summed E-state index contributed by atoms with van der Waals surface area (Å²) in [5.74, 6) is -0.295. The summed E-state index contributed by atoms with van der Waals surface area (Å²) in [5, 5.41) is 13.3. The first kappa shape index (κ1) is 11.8. The van der Waals surface area contributed by atoms with Crippen LogP contribution in [0.5, 0.6) is 0 Å². The van der Waals surface area contributed by atoms with Gasteiger partial charge in [-0.05, 0) is 24.6 Å². The van der Waals surface area contributed by atoms with E-state index in [0.29, 0.717) is 5.52 Å². The van der Waals surface area contributed by atoms with Gasteiger partial charge in [-0.3, -0.25) is 4.98 Å². The van der Waals surface area contributed by atoms with Crippen molar-refractivity contribution < 1.29 is 9.50 Å². The standard InChI is InChI=1S/C13H15FN2O/c1-2-10(8-17)16-12-5-6-15-13-7-9(14)3-4-11(12)13/h3-7,10,17H,2,8H2,1H3,(H,15,16)/t10-/m0/s1. The van der Waals surface area contributed by atoms with Gasteiger partial charge in [0.05, 0.1) is 12.1 Å². The molecule has 17 heavy (non-hydrogen) atoms. The molecule has 0 radical (unpaired) electrons. The smallest absolute Gasteiger partial charge is 0.125 e. The van der Waals surface area contributed by atoms with Crippen LogP contribution in [0.15, 0.2) is 30.5 Å². The molecule has 1 aromatic carbocycles. The number of halogens is 1. The monoisotopic (exact) mass is 234 g/mol. The SMILES string of the molecule is CC[C@@H](CO)Nc1ccnc2cc(F)ccc12. The molecule has 0 unspecified atom stereocenters. The number of aromatic nitrogens is 1. The largest absolute Gasteiger partial charge is 0.394 e. The Morgan fingerprint density at radius 2 is 2.24 bits per heavy atom. The second-order valence-corrected chi connectivity index (χ2v) is 3.95. The lowest BCUT2D eigenvalue weighted by Gasteiger charge is -2.16. The van der Waals surface area contributed by atoms with Crippen molar-refractivity contribution in [1.29, 1.82) is 0 Å². The summed E-state index contributed by atoms with van der Waals surface area (Å²) in [5.41, 5.74) is 1.48. The topological polar surface area (TPSA) is 45.1 Å².